The fourth-order valence-electron chi connectivity index (χ4n) is 2.37. The van der Waals surface area contributed by atoms with Crippen LogP contribution in [0, 0.1) is 5.92 Å². The molecular formula is C11H22N2O. The van der Waals surface area contributed by atoms with E-state index in [1.807, 2.05) is 11.8 Å². The Morgan fingerprint density at radius 2 is 2.00 bits per heavy atom. The van der Waals surface area contributed by atoms with Crippen molar-refractivity contribution in [2.24, 2.45) is 5.92 Å². The van der Waals surface area contributed by atoms with Gasteiger partial charge in [0.2, 0.25) is 5.91 Å². The van der Waals surface area contributed by atoms with Crippen LogP contribution in [0.4, 0.5) is 0 Å². The Morgan fingerprint density at radius 3 is 2.29 bits per heavy atom. The molecule has 0 aromatic heterocycles. The quantitative estimate of drug-likeness (QED) is 0.747. The van der Waals surface area contributed by atoms with Gasteiger partial charge >= 0.3 is 0 Å². The highest BCUT2D eigenvalue weighted by molar-refractivity contribution is 5.84. The molecule has 0 bridgehead atoms. The summed E-state index contributed by atoms with van der Waals surface area (Å²) in [7, 11) is 0. The van der Waals surface area contributed by atoms with Crippen molar-refractivity contribution in [2.75, 3.05) is 0 Å². The van der Waals surface area contributed by atoms with Gasteiger partial charge in [-0.25, -0.2) is 0 Å². The molecular weight excluding hydrogens is 176 g/mol. The molecule has 0 aromatic carbocycles. The highest BCUT2D eigenvalue weighted by Gasteiger charge is 2.38. The molecule has 1 amide bonds. The van der Waals surface area contributed by atoms with Crippen LogP contribution in [0.5, 0.6) is 0 Å². The Bertz CT molecular complexity index is 215. The van der Waals surface area contributed by atoms with Crippen molar-refractivity contribution in [2.45, 2.75) is 59.3 Å². The second-order valence-corrected chi connectivity index (χ2v) is 4.53. The van der Waals surface area contributed by atoms with Crippen molar-refractivity contribution in [3.8, 4) is 0 Å². The number of carbonyl (C=O) groups excluding carboxylic acids is 1. The lowest BCUT2D eigenvalue weighted by Crippen LogP contribution is -2.45. The van der Waals surface area contributed by atoms with Crippen molar-refractivity contribution >= 4 is 5.91 Å². The Kier molecular flexibility index (Phi) is 3.53. The number of nitrogens with one attached hydrogen (secondary N) is 1. The first-order valence-electron chi connectivity index (χ1n) is 5.57. The zero-order valence-electron chi connectivity index (χ0n) is 9.87. The normalized spacial score (nSPS) is 30.1. The van der Waals surface area contributed by atoms with Gasteiger partial charge in [0.05, 0.1) is 12.2 Å². The fraction of sp³-hybridized carbons (Fsp3) is 0.909. The van der Waals surface area contributed by atoms with Gasteiger partial charge in [0.25, 0.3) is 0 Å². The first-order chi connectivity index (χ1) is 6.49. The fourth-order valence-corrected chi connectivity index (χ4v) is 2.37. The molecule has 0 aliphatic carbocycles. The summed E-state index contributed by atoms with van der Waals surface area (Å²) >= 11 is 0. The number of amides is 1. The Labute approximate surface area is 86.9 Å². The zero-order valence-corrected chi connectivity index (χ0v) is 9.87. The van der Waals surface area contributed by atoms with Crippen molar-refractivity contribution in [3.05, 3.63) is 0 Å². The smallest absolute Gasteiger partial charge is 0.240 e. The number of rotatable bonds is 3. The van der Waals surface area contributed by atoms with Gasteiger partial charge in [-0.1, -0.05) is 20.8 Å². The summed E-state index contributed by atoms with van der Waals surface area (Å²) in [4.78, 5) is 13.9. The van der Waals surface area contributed by atoms with E-state index in [9.17, 15) is 4.79 Å². The monoisotopic (exact) mass is 198 g/mol. The van der Waals surface area contributed by atoms with Crippen LogP contribution < -0.4 is 5.32 Å². The number of carbonyl (C=O) groups is 1. The maximum absolute atomic E-state index is 11.9. The molecule has 0 saturated carbocycles. The van der Waals surface area contributed by atoms with E-state index in [4.69, 9.17) is 0 Å². The summed E-state index contributed by atoms with van der Waals surface area (Å²) < 4.78 is 0. The lowest BCUT2D eigenvalue weighted by molar-refractivity contribution is -0.132. The van der Waals surface area contributed by atoms with Crippen LogP contribution in [-0.2, 0) is 4.79 Å². The van der Waals surface area contributed by atoms with Gasteiger partial charge in [0.15, 0.2) is 0 Å². The average molecular weight is 198 g/mol. The topological polar surface area (TPSA) is 32.3 Å². The summed E-state index contributed by atoms with van der Waals surface area (Å²) in [6.45, 7) is 10.5. The van der Waals surface area contributed by atoms with Crippen molar-refractivity contribution in [1.82, 2.24) is 10.2 Å². The maximum Gasteiger partial charge on any atom is 0.240 e. The van der Waals surface area contributed by atoms with Crippen LogP contribution in [0.25, 0.3) is 0 Å². The minimum absolute atomic E-state index is 0.0159. The molecule has 1 aliphatic heterocycles. The molecule has 1 fully saturated rings. The molecule has 0 aromatic rings. The van der Waals surface area contributed by atoms with Gasteiger partial charge in [0.1, 0.15) is 0 Å². The molecule has 14 heavy (non-hydrogen) atoms. The Hall–Kier alpha value is -0.570. The second-order valence-electron chi connectivity index (χ2n) is 4.53. The van der Waals surface area contributed by atoms with Crippen LogP contribution in [-0.4, -0.2) is 29.1 Å². The van der Waals surface area contributed by atoms with Crippen LogP contribution >= 0.6 is 0 Å². The molecule has 3 nitrogen and oxygen atoms in total. The predicted molar refractivity (Wildman–Crippen MR) is 57.8 cm³/mol. The van der Waals surface area contributed by atoms with Gasteiger partial charge in [-0.05, 0) is 26.2 Å². The molecule has 0 radical (unpaired) electrons. The maximum atomic E-state index is 11.9. The van der Waals surface area contributed by atoms with E-state index < -0.39 is 0 Å². The Morgan fingerprint density at radius 1 is 1.43 bits per heavy atom. The summed E-state index contributed by atoms with van der Waals surface area (Å²) in [5, 5.41) is 3.26. The SMILES string of the molecule is CCC(C(C)C)N1C(=O)C(C)NC1C. The first-order valence-corrected chi connectivity index (χ1v) is 5.57. The lowest BCUT2D eigenvalue weighted by atomic mass is 9.99. The van der Waals surface area contributed by atoms with E-state index >= 15 is 0 Å². The van der Waals surface area contributed by atoms with Gasteiger partial charge in [-0.3, -0.25) is 10.1 Å². The molecule has 1 aliphatic rings. The molecule has 3 atom stereocenters. The standard InChI is InChI=1S/C11H22N2O/c1-6-10(7(2)3)13-9(5)12-8(4)11(13)14/h7-10,12H,6H2,1-5H3. The highest BCUT2D eigenvalue weighted by Crippen LogP contribution is 2.21. The third kappa shape index (κ3) is 1.92. The van der Waals surface area contributed by atoms with E-state index in [0.717, 1.165) is 6.42 Å². The molecule has 3 heteroatoms. The van der Waals surface area contributed by atoms with Crippen molar-refractivity contribution in [3.63, 3.8) is 0 Å². The van der Waals surface area contributed by atoms with Gasteiger partial charge in [0, 0.05) is 6.04 Å². The molecule has 0 spiro atoms. The van der Waals surface area contributed by atoms with E-state index in [1.165, 1.54) is 0 Å². The van der Waals surface area contributed by atoms with Crippen LogP contribution in [0.1, 0.15) is 41.0 Å². The number of hydrogen-bond donors (Lipinski definition) is 1. The number of hydrogen-bond acceptors (Lipinski definition) is 2. The Balaban J connectivity index is 2.79. The summed E-state index contributed by atoms with van der Waals surface area (Å²) in [5.74, 6) is 0.775. The van der Waals surface area contributed by atoms with E-state index in [-0.39, 0.29) is 18.1 Å². The predicted octanol–water partition coefficient (Wildman–Crippen LogP) is 1.59. The molecule has 1 rings (SSSR count). The van der Waals surface area contributed by atoms with E-state index in [2.05, 4.69) is 33.0 Å². The van der Waals surface area contributed by atoms with Crippen LogP contribution in [0.2, 0.25) is 0 Å². The first kappa shape index (κ1) is 11.5. The molecule has 82 valence electrons. The second kappa shape index (κ2) is 4.30. The summed E-state index contributed by atoms with van der Waals surface area (Å²) in [6.07, 6.45) is 1.21. The van der Waals surface area contributed by atoms with Crippen LogP contribution in [0.3, 0.4) is 0 Å². The van der Waals surface area contributed by atoms with E-state index in [0.29, 0.717) is 12.0 Å². The largest absolute Gasteiger partial charge is 0.323 e. The van der Waals surface area contributed by atoms with Gasteiger partial charge in [-0.15, -0.1) is 0 Å². The number of nitrogens with zero attached hydrogens (tertiary/aromatic N) is 1. The lowest BCUT2D eigenvalue weighted by Gasteiger charge is -2.33. The molecule has 1 N–H and O–H groups in total. The zero-order chi connectivity index (χ0) is 10.9. The van der Waals surface area contributed by atoms with Crippen molar-refractivity contribution < 1.29 is 4.79 Å². The third-order valence-corrected chi connectivity index (χ3v) is 3.08. The van der Waals surface area contributed by atoms with Crippen molar-refractivity contribution in [1.29, 1.82) is 0 Å². The average Bonchev–Trinajstić information content (AvgIpc) is 2.32. The van der Waals surface area contributed by atoms with Crippen LogP contribution in [0.15, 0.2) is 0 Å². The van der Waals surface area contributed by atoms with Gasteiger partial charge in [-0.2, -0.15) is 0 Å². The molecule has 1 saturated heterocycles. The van der Waals surface area contributed by atoms with Gasteiger partial charge < -0.3 is 4.90 Å². The summed E-state index contributed by atoms with van der Waals surface area (Å²) in [5.41, 5.74) is 0. The summed E-state index contributed by atoms with van der Waals surface area (Å²) in [6, 6.07) is 0.354. The molecule has 1 heterocycles. The third-order valence-electron chi connectivity index (χ3n) is 3.08. The molecule has 3 unspecified atom stereocenters. The minimum atomic E-state index is -0.0159. The minimum Gasteiger partial charge on any atom is -0.323 e. The van der Waals surface area contributed by atoms with E-state index in [1.54, 1.807) is 0 Å². The highest BCUT2D eigenvalue weighted by atomic mass is 16.2.